The second-order valence-electron chi connectivity index (χ2n) is 6.86. The molecule has 1 fully saturated rings. The average molecular weight is 286 g/mol. The zero-order valence-corrected chi connectivity index (χ0v) is 13.6. The first-order valence-electron chi connectivity index (χ1n) is 8.87. The van der Waals surface area contributed by atoms with Gasteiger partial charge in [-0.15, -0.1) is 0 Å². The number of rotatable bonds is 4. The molecule has 0 saturated carbocycles. The molecule has 0 aromatic heterocycles. The van der Waals surface area contributed by atoms with Gasteiger partial charge in [-0.3, -0.25) is 4.90 Å². The van der Waals surface area contributed by atoms with Gasteiger partial charge in [-0.2, -0.15) is 0 Å². The molecule has 2 aliphatic rings. The number of nitrogens with one attached hydrogen (secondary N) is 1. The van der Waals surface area contributed by atoms with E-state index in [4.69, 9.17) is 0 Å². The van der Waals surface area contributed by atoms with Gasteiger partial charge in [0.15, 0.2) is 0 Å². The first kappa shape index (κ1) is 15.1. The Morgan fingerprint density at radius 2 is 1.81 bits per heavy atom. The van der Waals surface area contributed by atoms with Crippen molar-refractivity contribution < 1.29 is 0 Å². The smallest absolute Gasteiger partial charge is 0.0481 e. The van der Waals surface area contributed by atoms with Crippen LogP contribution in [0.25, 0.3) is 0 Å². The van der Waals surface area contributed by atoms with E-state index < -0.39 is 0 Å². The van der Waals surface area contributed by atoms with Gasteiger partial charge in [0, 0.05) is 12.1 Å². The summed E-state index contributed by atoms with van der Waals surface area (Å²) >= 11 is 0. The van der Waals surface area contributed by atoms with Crippen molar-refractivity contribution in [1.82, 2.24) is 10.2 Å². The van der Waals surface area contributed by atoms with Crippen LogP contribution in [0.15, 0.2) is 24.3 Å². The number of nitrogens with zero attached hydrogens (tertiary/aromatic N) is 1. The topological polar surface area (TPSA) is 15.3 Å². The third-order valence-electron chi connectivity index (χ3n) is 5.32. The second kappa shape index (κ2) is 6.93. The van der Waals surface area contributed by atoms with E-state index in [-0.39, 0.29) is 0 Å². The van der Waals surface area contributed by atoms with E-state index >= 15 is 0 Å². The van der Waals surface area contributed by atoms with Crippen LogP contribution in [-0.4, -0.2) is 30.6 Å². The highest BCUT2D eigenvalue weighted by molar-refractivity contribution is 5.36. The summed E-state index contributed by atoms with van der Waals surface area (Å²) in [6, 6.07) is 10.3. The fourth-order valence-corrected chi connectivity index (χ4v) is 4.23. The lowest BCUT2D eigenvalue weighted by molar-refractivity contribution is 0.110. The van der Waals surface area contributed by atoms with Gasteiger partial charge >= 0.3 is 0 Å². The lowest BCUT2D eigenvalue weighted by atomic mass is 9.77. The van der Waals surface area contributed by atoms with Crippen molar-refractivity contribution in [3.05, 3.63) is 35.4 Å². The van der Waals surface area contributed by atoms with Crippen LogP contribution in [0.5, 0.6) is 0 Å². The first-order valence-corrected chi connectivity index (χ1v) is 8.87. The predicted octanol–water partition coefficient (Wildman–Crippen LogP) is 4.09. The third kappa shape index (κ3) is 3.17. The van der Waals surface area contributed by atoms with Crippen molar-refractivity contribution in [3.63, 3.8) is 0 Å². The molecule has 0 amide bonds. The molecule has 116 valence electrons. The number of likely N-dealkylation sites (tertiary alicyclic amines) is 1. The number of fused-ring (bicyclic) bond motifs is 1. The molecule has 1 aromatic carbocycles. The molecule has 1 saturated heterocycles. The molecule has 1 heterocycles. The minimum atomic E-state index is 0.524. The fourth-order valence-electron chi connectivity index (χ4n) is 4.23. The lowest BCUT2D eigenvalue weighted by Gasteiger charge is -2.45. The van der Waals surface area contributed by atoms with E-state index in [2.05, 4.69) is 48.3 Å². The Hall–Kier alpha value is -0.860. The zero-order valence-electron chi connectivity index (χ0n) is 13.6. The summed E-state index contributed by atoms with van der Waals surface area (Å²) in [7, 11) is 0. The average Bonchev–Trinajstić information content (AvgIpc) is 2.55. The normalized spacial score (nSPS) is 30.1. The molecule has 0 bridgehead atoms. The van der Waals surface area contributed by atoms with Gasteiger partial charge < -0.3 is 5.32 Å². The van der Waals surface area contributed by atoms with Gasteiger partial charge in [0.05, 0.1) is 0 Å². The van der Waals surface area contributed by atoms with E-state index in [1.165, 1.54) is 45.2 Å². The van der Waals surface area contributed by atoms with Gasteiger partial charge in [-0.1, -0.05) is 44.5 Å². The van der Waals surface area contributed by atoms with Crippen LogP contribution in [0.1, 0.15) is 69.0 Å². The van der Waals surface area contributed by atoms with Gasteiger partial charge in [0.2, 0.25) is 0 Å². The molecule has 0 spiro atoms. The Balaban J connectivity index is 1.88. The minimum Gasteiger partial charge on any atom is -0.309 e. The van der Waals surface area contributed by atoms with Crippen molar-refractivity contribution in [2.24, 2.45) is 0 Å². The van der Waals surface area contributed by atoms with E-state index in [1.807, 2.05) is 0 Å². The van der Waals surface area contributed by atoms with Gasteiger partial charge in [0.25, 0.3) is 0 Å². The highest BCUT2D eigenvalue weighted by Gasteiger charge is 2.36. The molecule has 2 heteroatoms. The summed E-state index contributed by atoms with van der Waals surface area (Å²) in [5.41, 5.74) is 3.12. The predicted molar refractivity (Wildman–Crippen MR) is 89.7 cm³/mol. The SMILES string of the molecule is CCCNC1c2ccccc2C(C)CC1N1CCCCC1. The molecule has 3 unspecified atom stereocenters. The Bertz CT molecular complexity index is 451. The molecule has 3 rings (SSSR count). The standard InChI is InChI=1S/C19H30N2/c1-3-11-20-19-17-10-6-5-9-16(17)15(2)14-18(19)21-12-7-4-8-13-21/h5-6,9-10,15,18-20H,3-4,7-8,11-14H2,1-2H3. The van der Waals surface area contributed by atoms with E-state index in [9.17, 15) is 0 Å². The number of hydrogen-bond donors (Lipinski definition) is 1. The van der Waals surface area contributed by atoms with Crippen molar-refractivity contribution in [2.75, 3.05) is 19.6 Å². The highest BCUT2D eigenvalue weighted by Crippen LogP contribution is 2.40. The van der Waals surface area contributed by atoms with Crippen LogP contribution in [-0.2, 0) is 0 Å². The number of piperidine rings is 1. The van der Waals surface area contributed by atoms with Crippen LogP contribution in [0.3, 0.4) is 0 Å². The third-order valence-corrected chi connectivity index (χ3v) is 5.32. The molecule has 1 aromatic rings. The van der Waals surface area contributed by atoms with Gasteiger partial charge in [-0.05, 0) is 62.4 Å². The Morgan fingerprint density at radius 1 is 1.10 bits per heavy atom. The molecular weight excluding hydrogens is 256 g/mol. The van der Waals surface area contributed by atoms with Crippen molar-refractivity contribution in [1.29, 1.82) is 0 Å². The van der Waals surface area contributed by atoms with Crippen molar-refractivity contribution >= 4 is 0 Å². The summed E-state index contributed by atoms with van der Waals surface area (Å²) < 4.78 is 0. The number of benzene rings is 1. The summed E-state index contributed by atoms with van der Waals surface area (Å²) in [6.45, 7) is 8.39. The molecule has 1 aliphatic carbocycles. The maximum Gasteiger partial charge on any atom is 0.0481 e. The fraction of sp³-hybridized carbons (Fsp3) is 0.684. The van der Waals surface area contributed by atoms with Crippen LogP contribution >= 0.6 is 0 Å². The maximum atomic E-state index is 3.85. The summed E-state index contributed by atoms with van der Waals surface area (Å²) in [5, 5.41) is 3.85. The molecule has 21 heavy (non-hydrogen) atoms. The van der Waals surface area contributed by atoms with Gasteiger partial charge in [-0.25, -0.2) is 0 Å². The molecule has 1 aliphatic heterocycles. The van der Waals surface area contributed by atoms with Gasteiger partial charge in [0.1, 0.15) is 0 Å². The number of hydrogen-bond acceptors (Lipinski definition) is 2. The monoisotopic (exact) mass is 286 g/mol. The highest BCUT2D eigenvalue weighted by atomic mass is 15.2. The molecule has 2 nitrogen and oxygen atoms in total. The zero-order chi connectivity index (χ0) is 14.7. The summed E-state index contributed by atoms with van der Waals surface area (Å²) in [6.07, 6.45) is 6.70. The van der Waals surface area contributed by atoms with Crippen LogP contribution in [0.4, 0.5) is 0 Å². The van der Waals surface area contributed by atoms with E-state index in [0.29, 0.717) is 18.0 Å². The Morgan fingerprint density at radius 3 is 2.52 bits per heavy atom. The minimum absolute atomic E-state index is 0.524. The Kier molecular flexibility index (Phi) is 4.97. The van der Waals surface area contributed by atoms with Crippen molar-refractivity contribution in [2.45, 2.75) is 64.0 Å². The maximum absolute atomic E-state index is 3.85. The summed E-state index contributed by atoms with van der Waals surface area (Å²) in [4.78, 5) is 2.77. The van der Waals surface area contributed by atoms with Crippen molar-refractivity contribution in [3.8, 4) is 0 Å². The quantitative estimate of drug-likeness (QED) is 0.897. The summed E-state index contributed by atoms with van der Waals surface area (Å²) in [5.74, 6) is 0.688. The van der Waals surface area contributed by atoms with Crippen LogP contribution in [0, 0.1) is 0 Å². The van der Waals surface area contributed by atoms with Crippen LogP contribution < -0.4 is 5.32 Å². The lowest BCUT2D eigenvalue weighted by Crippen LogP contribution is -2.49. The Labute approximate surface area is 129 Å². The van der Waals surface area contributed by atoms with Crippen LogP contribution in [0.2, 0.25) is 0 Å². The molecule has 1 N–H and O–H groups in total. The molecule has 0 radical (unpaired) electrons. The second-order valence-corrected chi connectivity index (χ2v) is 6.86. The van der Waals surface area contributed by atoms with E-state index in [0.717, 1.165) is 6.54 Å². The molecular formula is C19H30N2. The first-order chi connectivity index (χ1) is 10.3. The largest absolute Gasteiger partial charge is 0.309 e. The van der Waals surface area contributed by atoms with E-state index in [1.54, 1.807) is 11.1 Å². The molecule has 3 atom stereocenters.